The van der Waals surface area contributed by atoms with Crippen molar-refractivity contribution in [2.24, 2.45) is 5.92 Å². The molecule has 0 saturated heterocycles. The first-order valence-corrected chi connectivity index (χ1v) is 5.76. The van der Waals surface area contributed by atoms with Crippen LogP contribution < -0.4 is 5.43 Å². The van der Waals surface area contributed by atoms with Crippen molar-refractivity contribution in [3.63, 3.8) is 0 Å². The molecule has 0 unspecified atom stereocenters. The molecule has 6 nitrogen and oxygen atoms in total. The highest BCUT2D eigenvalue weighted by atomic mass is 16.4. The topological polar surface area (TPSA) is 90.5 Å². The lowest BCUT2D eigenvalue weighted by molar-refractivity contribution is -0.137. The van der Waals surface area contributed by atoms with E-state index in [0.717, 1.165) is 12.8 Å². The number of carboxylic acid groups (broad SMARTS) is 1. The summed E-state index contributed by atoms with van der Waals surface area (Å²) in [7, 11) is 0. The van der Waals surface area contributed by atoms with Crippen molar-refractivity contribution >= 4 is 11.9 Å². The molecule has 6 heteroatoms. The first-order valence-electron chi connectivity index (χ1n) is 5.76. The van der Waals surface area contributed by atoms with Crippen LogP contribution in [0.25, 0.3) is 0 Å². The van der Waals surface area contributed by atoms with Gasteiger partial charge in [-0.05, 0) is 18.8 Å². The number of aliphatic carboxylic acids is 1. The quantitative estimate of drug-likeness (QED) is 0.787. The number of carboxylic acids is 1. The minimum Gasteiger partial charge on any atom is -0.480 e. The van der Waals surface area contributed by atoms with Gasteiger partial charge in [-0.2, -0.15) is 0 Å². The van der Waals surface area contributed by atoms with Crippen molar-refractivity contribution in [2.75, 3.05) is 13.1 Å². The highest BCUT2D eigenvalue weighted by Gasteiger charge is 2.29. The van der Waals surface area contributed by atoms with Gasteiger partial charge in [0.05, 0.1) is 0 Å². The van der Waals surface area contributed by atoms with Crippen LogP contribution in [0.5, 0.6) is 0 Å². The molecular weight excluding hydrogens is 236 g/mol. The molecule has 1 saturated carbocycles. The van der Waals surface area contributed by atoms with E-state index in [1.807, 2.05) is 0 Å². The van der Waals surface area contributed by atoms with Crippen molar-refractivity contribution in [1.29, 1.82) is 0 Å². The Hall–Kier alpha value is -2.11. The van der Waals surface area contributed by atoms with Crippen LogP contribution >= 0.6 is 0 Å². The third-order valence-electron chi connectivity index (χ3n) is 2.84. The predicted molar refractivity (Wildman–Crippen MR) is 63.3 cm³/mol. The number of nitrogens with zero attached hydrogens (tertiary/aromatic N) is 1. The van der Waals surface area contributed by atoms with E-state index >= 15 is 0 Å². The zero-order valence-electron chi connectivity index (χ0n) is 9.76. The highest BCUT2D eigenvalue weighted by Crippen LogP contribution is 2.29. The smallest absolute Gasteiger partial charge is 0.323 e. The summed E-state index contributed by atoms with van der Waals surface area (Å²) in [6.45, 7) is 0.0309. The zero-order valence-corrected chi connectivity index (χ0v) is 9.76. The number of amides is 1. The van der Waals surface area contributed by atoms with Crippen LogP contribution in [0.15, 0.2) is 23.3 Å². The maximum absolute atomic E-state index is 12.1. The number of hydrogen-bond donors (Lipinski definition) is 2. The third-order valence-corrected chi connectivity index (χ3v) is 2.84. The van der Waals surface area contributed by atoms with E-state index in [4.69, 9.17) is 5.11 Å². The fourth-order valence-corrected chi connectivity index (χ4v) is 1.75. The van der Waals surface area contributed by atoms with E-state index in [1.165, 1.54) is 23.4 Å². The van der Waals surface area contributed by atoms with Crippen molar-refractivity contribution in [3.05, 3.63) is 34.2 Å². The molecule has 0 spiro atoms. The fourth-order valence-electron chi connectivity index (χ4n) is 1.75. The van der Waals surface area contributed by atoms with Gasteiger partial charge in [-0.15, -0.1) is 0 Å². The Balaban J connectivity index is 2.18. The number of carbonyl (C=O) groups is 2. The summed E-state index contributed by atoms with van der Waals surface area (Å²) in [4.78, 5) is 38.3. The summed E-state index contributed by atoms with van der Waals surface area (Å²) in [6, 6.07) is 1.25. The summed E-state index contributed by atoms with van der Waals surface area (Å²) in [5.74, 6) is -1.22. The van der Waals surface area contributed by atoms with Gasteiger partial charge in [-0.1, -0.05) is 0 Å². The Morgan fingerprint density at radius 1 is 1.44 bits per heavy atom. The molecule has 1 aromatic heterocycles. The third kappa shape index (κ3) is 2.97. The summed E-state index contributed by atoms with van der Waals surface area (Å²) in [6.07, 6.45) is 4.76. The Morgan fingerprint density at radius 2 is 2.17 bits per heavy atom. The van der Waals surface area contributed by atoms with Crippen molar-refractivity contribution in [3.8, 4) is 0 Å². The molecule has 1 amide bonds. The average Bonchev–Trinajstić information content (AvgIpc) is 3.11. The number of H-pyrrole nitrogens is 1. The van der Waals surface area contributed by atoms with E-state index in [1.54, 1.807) is 0 Å². The van der Waals surface area contributed by atoms with Crippen LogP contribution in [-0.4, -0.2) is 40.0 Å². The Kier molecular flexibility index (Phi) is 3.45. The van der Waals surface area contributed by atoms with Crippen LogP contribution in [0.1, 0.15) is 23.2 Å². The molecule has 1 aliphatic carbocycles. The SMILES string of the molecule is O=C(O)CN(CC1CC1)C(=O)c1c[nH]ccc1=O. The molecule has 0 aromatic carbocycles. The number of aromatic nitrogens is 1. The van der Waals surface area contributed by atoms with E-state index < -0.39 is 17.3 Å². The van der Waals surface area contributed by atoms with Crippen molar-refractivity contribution < 1.29 is 14.7 Å². The van der Waals surface area contributed by atoms with Gasteiger partial charge in [-0.3, -0.25) is 14.4 Å². The number of rotatable bonds is 5. The number of nitrogens with one attached hydrogen (secondary N) is 1. The van der Waals surface area contributed by atoms with Gasteiger partial charge in [-0.25, -0.2) is 0 Å². The molecule has 1 heterocycles. The Bertz CT molecular complexity index is 519. The number of carbonyl (C=O) groups excluding carboxylic acids is 1. The van der Waals surface area contributed by atoms with Crippen LogP contribution in [0.2, 0.25) is 0 Å². The molecule has 96 valence electrons. The normalized spacial score (nSPS) is 14.2. The maximum Gasteiger partial charge on any atom is 0.323 e. The molecule has 0 atom stereocenters. The lowest BCUT2D eigenvalue weighted by Crippen LogP contribution is -2.39. The zero-order chi connectivity index (χ0) is 13.1. The second-order valence-corrected chi connectivity index (χ2v) is 4.45. The summed E-state index contributed by atoms with van der Waals surface area (Å²) in [5, 5.41) is 8.80. The molecule has 18 heavy (non-hydrogen) atoms. The van der Waals surface area contributed by atoms with Crippen molar-refractivity contribution in [1.82, 2.24) is 9.88 Å². The van der Waals surface area contributed by atoms with Gasteiger partial charge in [0.1, 0.15) is 12.1 Å². The minimum atomic E-state index is -1.07. The van der Waals surface area contributed by atoms with E-state index in [0.29, 0.717) is 12.5 Å². The van der Waals surface area contributed by atoms with Gasteiger partial charge in [0.25, 0.3) is 5.91 Å². The molecule has 1 aliphatic rings. The predicted octanol–water partition coefficient (Wildman–Crippen LogP) is 0.312. The van der Waals surface area contributed by atoms with E-state index in [2.05, 4.69) is 4.98 Å². The molecule has 2 rings (SSSR count). The lowest BCUT2D eigenvalue weighted by atomic mass is 10.2. The highest BCUT2D eigenvalue weighted by molar-refractivity contribution is 5.95. The van der Waals surface area contributed by atoms with Crippen molar-refractivity contribution in [2.45, 2.75) is 12.8 Å². The number of hydrogen-bond acceptors (Lipinski definition) is 3. The molecule has 2 N–H and O–H groups in total. The second kappa shape index (κ2) is 5.03. The maximum atomic E-state index is 12.1. The molecule has 0 bridgehead atoms. The van der Waals surface area contributed by atoms with Crippen LogP contribution in [0.3, 0.4) is 0 Å². The van der Waals surface area contributed by atoms with Gasteiger partial charge >= 0.3 is 5.97 Å². The van der Waals surface area contributed by atoms with Crippen LogP contribution in [0, 0.1) is 5.92 Å². The van der Waals surface area contributed by atoms with Crippen LogP contribution in [-0.2, 0) is 4.79 Å². The van der Waals surface area contributed by atoms with E-state index in [9.17, 15) is 14.4 Å². The van der Waals surface area contributed by atoms with E-state index in [-0.39, 0.29) is 12.1 Å². The minimum absolute atomic E-state index is 0.0144. The Morgan fingerprint density at radius 3 is 2.72 bits per heavy atom. The fraction of sp³-hybridized carbons (Fsp3) is 0.417. The summed E-state index contributed by atoms with van der Waals surface area (Å²) >= 11 is 0. The largest absolute Gasteiger partial charge is 0.480 e. The molecule has 0 aliphatic heterocycles. The molecule has 0 radical (unpaired) electrons. The summed E-state index contributed by atoms with van der Waals surface area (Å²) in [5.41, 5.74) is -0.413. The van der Waals surface area contributed by atoms with Gasteiger partial charge in [0.15, 0.2) is 5.43 Å². The standard InChI is InChI=1S/C12H14N2O4/c15-10-3-4-13-5-9(10)12(18)14(7-11(16)17)6-8-1-2-8/h3-5,8H,1-2,6-7H2,(H,13,15)(H,16,17). The van der Waals surface area contributed by atoms with Crippen LogP contribution in [0.4, 0.5) is 0 Å². The number of pyridine rings is 1. The lowest BCUT2D eigenvalue weighted by Gasteiger charge is -2.20. The Labute approximate surface area is 103 Å². The molecular formula is C12H14N2O4. The van der Waals surface area contributed by atoms with Gasteiger partial charge in [0, 0.05) is 25.0 Å². The first kappa shape index (κ1) is 12.3. The average molecular weight is 250 g/mol. The van der Waals surface area contributed by atoms with Gasteiger partial charge < -0.3 is 15.0 Å². The van der Waals surface area contributed by atoms with Gasteiger partial charge in [0.2, 0.25) is 0 Å². The molecule has 1 aromatic rings. The number of aromatic amines is 1. The summed E-state index contributed by atoms with van der Waals surface area (Å²) < 4.78 is 0. The second-order valence-electron chi connectivity index (χ2n) is 4.45. The first-order chi connectivity index (χ1) is 8.58. The monoisotopic (exact) mass is 250 g/mol. The molecule has 1 fully saturated rings.